The topological polar surface area (TPSA) is 21.3 Å². The van der Waals surface area contributed by atoms with Crippen LogP contribution >= 0.6 is 11.6 Å². The number of hydrogen-bond donors (Lipinski definition) is 1. The third kappa shape index (κ3) is 4.26. The van der Waals surface area contributed by atoms with Crippen molar-refractivity contribution in [1.29, 1.82) is 0 Å². The van der Waals surface area contributed by atoms with E-state index in [0.717, 1.165) is 5.56 Å². The van der Waals surface area contributed by atoms with E-state index in [9.17, 15) is 4.39 Å². The van der Waals surface area contributed by atoms with Gasteiger partial charge in [0.25, 0.3) is 0 Å². The standard InChI is InChI=1S/C13H19ClFNO/c1-9(2)12(8-17-3)16-7-10-5-4-6-11(15)13(10)14/h4-6,9,12,16H,7-8H2,1-3H3. The third-order valence-electron chi connectivity index (χ3n) is 2.74. The summed E-state index contributed by atoms with van der Waals surface area (Å²) in [5.41, 5.74) is 0.772. The van der Waals surface area contributed by atoms with E-state index >= 15 is 0 Å². The molecule has 1 atom stereocenters. The van der Waals surface area contributed by atoms with Gasteiger partial charge < -0.3 is 10.1 Å². The monoisotopic (exact) mass is 259 g/mol. The zero-order valence-corrected chi connectivity index (χ0v) is 11.2. The molecule has 0 saturated carbocycles. The Morgan fingerprint density at radius 1 is 1.41 bits per heavy atom. The lowest BCUT2D eigenvalue weighted by Gasteiger charge is -2.21. The molecule has 0 radical (unpaired) electrons. The van der Waals surface area contributed by atoms with Crippen LogP contribution in [0.1, 0.15) is 19.4 Å². The Morgan fingerprint density at radius 2 is 2.12 bits per heavy atom. The smallest absolute Gasteiger partial charge is 0.142 e. The van der Waals surface area contributed by atoms with E-state index < -0.39 is 0 Å². The van der Waals surface area contributed by atoms with Crippen molar-refractivity contribution in [3.63, 3.8) is 0 Å². The van der Waals surface area contributed by atoms with Crippen LogP contribution in [0.3, 0.4) is 0 Å². The van der Waals surface area contributed by atoms with Crippen LogP contribution in [-0.2, 0) is 11.3 Å². The third-order valence-corrected chi connectivity index (χ3v) is 3.16. The number of nitrogens with one attached hydrogen (secondary N) is 1. The minimum absolute atomic E-state index is 0.194. The molecule has 96 valence electrons. The molecule has 2 nitrogen and oxygen atoms in total. The van der Waals surface area contributed by atoms with Crippen molar-refractivity contribution < 1.29 is 9.13 Å². The molecule has 0 bridgehead atoms. The van der Waals surface area contributed by atoms with Crippen LogP contribution in [0.15, 0.2) is 18.2 Å². The van der Waals surface area contributed by atoms with Gasteiger partial charge in [-0.05, 0) is 17.5 Å². The fourth-order valence-corrected chi connectivity index (χ4v) is 1.79. The predicted octanol–water partition coefficient (Wildman–Crippen LogP) is 3.24. The number of rotatable bonds is 6. The first-order valence-electron chi connectivity index (χ1n) is 5.71. The van der Waals surface area contributed by atoms with Crippen molar-refractivity contribution in [2.24, 2.45) is 5.92 Å². The summed E-state index contributed by atoms with van der Waals surface area (Å²) in [5.74, 6) is 0.0705. The van der Waals surface area contributed by atoms with Gasteiger partial charge in [-0.15, -0.1) is 0 Å². The molecule has 4 heteroatoms. The van der Waals surface area contributed by atoms with Gasteiger partial charge in [0.05, 0.1) is 11.6 Å². The number of benzene rings is 1. The molecule has 0 spiro atoms. The highest BCUT2D eigenvalue weighted by molar-refractivity contribution is 6.31. The van der Waals surface area contributed by atoms with Crippen molar-refractivity contribution in [2.45, 2.75) is 26.4 Å². The van der Waals surface area contributed by atoms with Gasteiger partial charge in [0.1, 0.15) is 5.82 Å². The van der Waals surface area contributed by atoms with E-state index in [4.69, 9.17) is 16.3 Å². The first kappa shape index (κ1) is 14.4. The second-order valence-corrected chi connectivity index (χ2v) is 4.78. The summed E-state index contributed by atoms with van der Waals surface area (Å²) in [6.45, 7) is 5.40. The van der Waals surface area contributed by atoms with Crippen molar-refractivity contribution >= 4 is 11.6 Å². The average molecular weight is 260 g/mol. The maximum atomic E-state index is 13.2. The highest BCUT2D eigenvalue weighted by Crippen LogP contribution is 2.19. The molecule has 0 heterocycles. The zero-order chi connectivity index (χ0) is 12.8. The van der Waals surface area contributed by atoms with E-state index in [1.165, 1.54) is 6.07 Å². The Bertz CT molecular complexity index is 357. The Labute approximate surface area is 107 Å². The van der Waals surface area contributed by atoms with Gasteiger partial charge in [-0.1, -0.05) is 37.6 Å². The Balaban J connectivity index is 2.62. The summed E-state index contributed by atoms with van der Waals surface area (Å²) < 4.78 is 18.4. The number of halogens is 2. The minimum atomic E-state index is -0.376. The van der Waals surface area contributed by atoms with Crippen LogP contribution in [-0.4, -0.2) is 19.8 Å². The highest BCUT2D eigenvalue weighted by atomic mass is 35.5. The molecule has 0 saturated heterocycles. The molecule has 1 aromatic carbocycles. The number of methoxy groups -OCH3 is 1. The quantitative estimate of drug-likeness (QED) is 0.847. The Kier molecular flexibility index (Phi) is 5.89. The molecule has 0 fully saturated rings. The molecule has 1 N–H and O–H groups in total. The molecule has 0 aliphatic heterocycles. The summed E-state index contributed by atoms with van der Waals surface area (Å²) in [7, 11) is 1.67. The summed E-state index contributed by atoms with van der Waals surface area (Å²) >= 11 is 5.89. The van der Waals surface area contributed by atoms with Gasteiger partial charge in [-0.3, -0.25) is 0 Å². The molecular weight excluding hydrogens is 241 g/mol. The summed E-state index contributed by atoms with van der Waals surface area (Å²) in [5, 5.41) is 3.52. The van der Waals surface area contributed by atoms with Crippen LogP contribution in [0.25, 0.3) is 0 Å². The fraction of sp³-hybridized carbons (Fsp3) is 0.538. The van der Waals surface area contributed by atoms with E-state index in [2.05, 4.69) is 19.2 Å². The summed E-state index contributed by atoms with van der Waals surface area (Å²) in [4.78, 5) is 0. The minimum Gasteiger partial charge on any atom is -0.383 e. The van der Waals surface area contributed by atoms with Gasteiger partial charge in [0.2, 0.25) is 0 Å². The van der Waals surface area contributed by atoms with E-state index in [1.54, 1.807) is 13.2 Å². The second kappa shape index (κ2) is 6.94. The van der Waals surface area contributed by atoms with Crippen molar-refractivity contribution in [1.82, 2.24) is 5.32 Å². The zero-order valence-electron chi connectivity index (χ0n) is 10.5. The second-order valence-electron chi connectivity index (χ2n) is 4.40. The van der Waals surface area contributed by atoms with Crippen LogP contribution in [0.2, 0.25) is 5.02 Å². The van der Waals surface area contributed by atoms with Gasteiger partial charge in [-0.25, -0.2) is 4.39 Å². The first-order chi connectivity index (χ1) is 8.06. The van der Waals surface area contributed by atoms with E-state index in [-0.39, 0.29) is 16.9 Å². The molecule has 1 rings (SSSR count). The molecule has 0 amide bonds. The van der Waals surface area contributed by atoms with E-state index in [0.29, 0.717) is 19.1 Å². The Hall–Kier alpha value is -0.640. The van der Waals surface area contributed by atoms with Crippen molar-refractivity contribution in [3.8, 4) is 0 Å². The summed E-state index contributed by atoms with van der Waals surface area (Å²) in [6, 6.07) is 5.09. The van der Waals surface area contributed by atoms with Gasteiger partial charge in [-0.2, -0.15) is 0 Å². The molecule has 0 aliphatic carbocycles. The number of hydrogen-bond acceptors (Lipinski definition) is 2. The Morgan fingerprint density at radius 3 is 2.71 bits per heavy atom. The first-order valence-corrected chi connectivity index (χ1v) is 6.09. The SMILES string of the molecule is COCC(NCc1cccc(F)c1Cl)C(C)C. The van der Waals surface area contributed by atoms with Gasteiger partial charge in [0, 0.05) is 19.7 Å². The normalized spacial score (nSPS) is 13.1. The number of ether oxygens (including phenoxy) is 1. The lowest BCUT2D eigenvalue weighted by atomic mass is 10.0. The van der Waals surface area contributed by atoms with Crippen LogP contribution in [0.4, 0.5) is 4.39 Å². The molecule has 1 aromatic rings. The molecule has 0 aliphatic rings. The predicted molar refractivity (Wildman–Crippen MR) is 68.8 cm³/mol. The van der Waals surface area contributed by atoms with Gasteiger partial charge >= 0.3 is 0 Å². The molecule has 0 aromatic heterocycles. The maximum Gasteiger partial charge on any atom is 0.142 e. The van der Waals surface area contributed by atoms with Crippen LogP contribution < -0.4 is 5.32 Å². The van der Waals surface area contributed by atoms with Crippen molar-refractivity contribution in [2.75, 3.05) is 13.7 Å². The molecular formula is C13H19ClFNO. The van der Waals surface area contributed by atoms with Crippen LogP contribution in [0.5, 0.6) is 0 Å². The van der Waals surface area contributed by atoms with Gasteiger partial charge in [0.15, 0.2) is 0 Å². The largest absolute Gasteiger partial charge is 0.383 e. The summed E-state index contributed by atoms with van der Waals surface area (Å²) in [6.07, 6.45) is 0. The lowest BCUT2D eigenvalue weighted by Crippen LogP contribution is -2.37. The maximum absolute atomic E-state index is 13.2. The van der Waals surface area contributed by atoms with Crippen molar-refractivity contribution in [3.05, 3.63) is 34.6 Å². The average Bonchev–Trinajstić information content (AvgIpc) is 2.29. The fourth-order valence-electron chi connectivity index (χ4n) is 1.59. The van der Waals surface area contributed by atoms with E-state index in [1.807, 2.05) is 6.07 Å². The lowest BCUT2D eigenvalue weighted by molar-refractivity contribution is 0.146. The molecule has 17 heavy (non-hydrogen) atoms. The van der Waals surface area contributed by atoms with Crippen LogP contribution in [0, 0.1) is 11.7 Å². The molecule has 1 unspecified atom stereocenters. The highest BCUT2D eigenvalue weighted by Gasteiger charge is 2.13.